The van der Waals surface area contributed by atoms with Crippen LogP contribution in [0.4, 0.5) is 0 Å². The number of hydrogen-bond donors (Lipinski definition) is 7. The predicted molar refractivity (Wildman–Crippen MR) is 103 cm³/mol. The molecule has 31 heavy (non-hydrogen) atoms. The van der Waals surface area contributed by atoms with Crippen molar-refractivity contribution in [3.05, 3.63) is 0 Å². The fourth-order valence-corrected chi connectivity index (χ4v) is 4.49. The lowest BCUT2D eigenvalue weighted by Gasteiger charge is -2.46. The normalized spacial score (nSPS) is 42.0. The summed E-state index contributed by atoms with van der Waals surface area (Å²) in [5.74, 6) is 0. The van der Waals surface area contributed by atoms with Crippen LogP contribution in [0.15, 0.2) is 0 Å². The summed E-state index contributed by atoms with van der Waals surface area (Å²) in [5.41, 5.74) is 0. The van der Waals surface area contributed by atoms with Crippen molar-refractivity contribution in [3.8, 4) is 0 Å². The molecule has 0 aromatic rings. The number of likely N-dealkylation sites (N-methyl/N-ethyl adjacent to an activating group) is 2. The van der Waals surface area contributed by atoms with Gasteiger partial charge in [-0.2, -0.15) is 0 Å². The Bertz CT molecular complexity index is 597. The Morgan fingerprint density at radius 3 is 2.03 bits per heavy atom. The fraction of sp³-hybridized carbons (Fsp3) is 1.00. The van der Waals surface area contributed by atoms with Gasteiger partial charge in [0, 0.05) is 14.2 Å². The average Bonchev–Trinajstić information content (AvgIpc) is 2.72. The zero-order valence-corrected chi connectivity index (χ0v) is 18.6. The molecule has 2 aliphatic heterocycles. The maximum Gasteiger partial charge on any atom is 0.470 e. The van der Waals surface area contributed by atoms with Crippen LogP contribution in [0.3, 0.4) is 0 Å². The molecule has 0 bridgehead atoms. The second-order valence-electron chi connectivity index (χ2n) is 7.20. The molecule has 10 atom stereocenters. The van der Waals surface area contributed by atoms with Crippen molar-refractivity contribution in [2.45, 2.75) is 61.3 Å². The first-order chi connectivity index (χ1) is 14.6. The molecule has 2 rings (SSSR count). The lowest BCUT2D eigenvalue weighted by Crippen LogP contribution is -2.66. The first-order valence-electron chi connectivity index (χ1n) is 9.65. The van der Waals surface area contributed by atoms with Crippen LogP contribution in [0.25, 0.3) is 0 Å². The number of phosphoric ester groups is 1. The predicted octanol–water partition coefficient (Wildman–Crippen LogP) is -3.52. The van der Waals surface area contributed by atoms with Crippen LogP contribution in [0.1, 0.15) is 0 Å². The SMILES string of the molecule is CNC1C(OC)[C@H](OP(=O)(O)O)C(CO)O[C@H]1OCC1O[C@H](O)C(NC)C(OC)[C@@H]1O. The maximum atomic E-state index is 11.4. The van der Waals surface area contributed by atoms with Crippen molar-refractivity contribution in [1.82, 2.24) is 10.6 Å². The van der Waals surface area contributed by atoms with Gasteiger partial charge in [-0.05, 0) is 14.1 Å². The molecule has 2 fully saturated rings. The molecule has 0 aromatic heterocycles. The van der Waals surface area contributed by atoms with Crippen molar-refractivity contribution in [2.24, 2.45) is 0 Å². The molecule has 184 valence electrons. The Labute approximate surface area is 180 Å². The number of ether oxygens (including phenoxy) is 5. The third-order valence-corrected chi connectivity index (χ3v) is 5.93. The van der Waals surface area contributed by atoms with Gasteiger partial charge in [0.15, 0.2) is 12.6 Å². The number of aliphatic hydroxyl groups is 3. The zero-order valence-electron chi connectivity index (χ0n) is 17.7. The second-order valence-corrected chi connectivity index (χ2v) is 8.40. The van der Waals surface area contributed by atoms with E-state index in [1.807, 2.05) is 0 Å². The minimum absolute atomic E-state index is 0.226. The van der Waals surface area contributed by atoms with Gasteiger partial charge in [0.2, 0.25) is 0 Å². The van der Waals surface area contributed by atoms with E-state index in [0.29, 0.717) is 0 Å². The van der Waals surface area contributed by atoms with Crippen LogP contribution >= 0.6 is 7.82 Å². The Morgan fingerprint density at radius 1 is 0.935 bits per heavy atom. The zero-order chi connectivity index (χ0) is 23.3. The van der Waals surface area contributed by atoms with Gasteiger partial charge in [0.1, 0.15) is 36.6 Å². The van der Waals surface area contributed by atoms with Crippen LogP contribution in [0.5, 0.6) is 0 Å². The summed E-state index contributed by atoms with van der Waals surface area (Å²) in [7, 11) is 0.950. The van der Waals surface area contributed by atoms with E-state index < -0.39 is 75.7 Å². The lowest BCUT2D eigenvalue weighted by molar-refractivity contribution is -0.299. The molecule has 0 spiro atoms. The first kappa shape index (κ1) is 27.0. The Balaban J connectivity index is 2.12. The van der Waals surface area contributed by atoms with E-state index >= 15 is 0 Å². The highest BCUT2D eigenvalue weighted by Gasteiger charge is 2.50. The largest absolute Gasteiger partial charge is 0.470 e. The van der Waals surface area contributed by atoms with Crippen molar-refractivity contribution in [2.75, 3.05) is 41.5 Å². The topological polar surface area (TPSA) is 198 Å². The van der Waals surface area contributed by atoms with E-state index in [4.69, 9.17) is 28.2 Å². The summed E-state index contributed by atoms with van der Waals surface area (Å²) in [4.78, 5) is 18.4. The van der Waals surface area contributed by atoms with Crippen LogP contribution in [-0.2, 0) is 32.8 Å². The van der Waals surface area contributed by atoms with Crippen LogP contribution < -0.4 is 10.6 Å². The summed E-state index contributed by atoms with van der Waals surface area (Å²) in [6, 6.07) is -1.42. The summed E-state index contributed by atoms with van der Waals surface area (Å²) in [5, 5.41) is 36.1. The van der Waals surface area contributed by atoms with Gasteiger partial charge in [-0.3, -0.25) is 4.52 Å². The molecule has 0 aliphatic carbocycles. The van der Waals surface area contributed by atoms with Gasteiger partial charge in [-0.1, -0.05) is 0 Å². The first-order valence-corrected chi connectivity index (χ1v) is 11.2. The smallest absolute Gasteiger partial charge is 0.394 e. The van der Waals surface area contributed by atoms with Crippen LogP contribution in [0.2, 0.25) is 0 Å². The maximum absolute atomic E-state index is 11.4. The number of hydrogen-bond acceptors (Lipinski definition) is 12. The van der Waals surface area contributed by atoms with Crippen molar-refractivity contribution in [1.29, 1.82) is 0 Å². The molecule has 2 aliphatic rings. The number of methoxy groups -OCH3 is 2. The molecule has 15 heteroatoms. The van der Waals surface area contributed by atoms with E-state index in [-0.39, 0.29) is 6.61 Å². The van der Waals surface area contributed by atoms with Crippen molar-refractivity contribution >= 4 is 7.82 Å². The molecule has 2 saturated heterocycles. The summed E-state index contributed by atoms with van der Waals surface area (Å²) in [6.07, 6.45) is -8.64. The highest BCUT2D eigenvalue weighted by atomic mass is 31.2. The highest BCUT2D eigenvalue weighted by molar-refractivity contribution is 7.46. The van der Waals surface area contributed by atoms with Gasteiger partial charge in [-0.25, -0.2) is 4.57 Å². The number of nitrogens with one attached hydrogen (secondary N) is 2. The Morgan fingerprint density at radius 2 is 1.55 bits per heavy atom. The van der Waals surface area contributed by atoms with Gasteiger partial charge in [0.05, 0.1) is 25.3 Å². The Hall–Kier alpha value is -0.290. The summed E-state index contributed by atoms with van der Waals surface area (Å²) in [6.45, 7) is -0.854. The second kappa shape index (κ2) is 11.7. The summed E-state index contributed by atoms with van der Waals surface area (Å²) < 4.78 is 43.6. The monoisotopic (exact) mass is 476 g/mol. The molecule has 0 saturated carbocycles. The third kappa shape index (κ3) is 6.40. The standard InChI is InChI=1S/C16H33N2O12P/c1-17-9-13(25-3)11(20)8(28-15(9)21)6-27-16-10(18-2)14(26-4)12(7(5-19)29-16)30-31(22,23)24/h7-21H,5-6H2,1-4H3,(H2,22,23,24)/t7?,8?,9?,10?,11-,12-,13?,14?,15+,16-/m1/s1. The van der Waals surface area contributed by atoms with Gasteiger partial charge >= 0.3 is 7.82 Å². The Kier molecular flexibility index (Phi) is 10.2. The van der Waals surface area contributed by atoms with Gasteiger partial charge in [-0.15, -0.1) is 0 Å². The van der Waals surface area contributed by atoms with Crippen LogP contribution in [0, 0.1) is 0 Å². The highest BCUT2D eigenvalue weighted by Crippen LogP contribution is 2.42. The van der Waals surface area contributed by atoms with E-state index in [0.717, 1.165) is 0 Å². The van der Waals surface area contributed by atoms with Gasteiger partial charge in [0.25, 0.3) is 0 Å². The number of rotatable bonds is 10. The average molecular weight is 476 g/mol. The molecular weight excluding hydrogens is 443 g/mol. The molecule has 0 aromatic carbocycles. The molecule has 7 N–H and O–H groups in total. The van der Waals surface area contributed by atoms with E-state index in [1.165, 1.54) is 14.2 Å². The van der Waals surface area contributed by atoms with E-state index in [9.17, 15) is 29.7 Å². The molecule has 2 heterocycles. The molecule has 0 amide bonds. The van der Waals surface area contributed by atoms with Crippen molar-refractivity contribution in [3.63, 3.8) is 0 Å². The molecule has 6 unspecified atom stereocenters. The quantitative estimate of drug-likeness (QED) is 0.153. The van der Waals surface area contributed by atoms with Gasteiger partial charge < -0.3 is 59.4 Å². The molecule has 0 radical (unpaired) electrons. The molecule has 14 nitrogen and oxygen atoms in total. The van der Waals surface area contributed by atoms with E-state index in [1.54, 1.807) is 14.1 Å². The lowest BCUT2D eigenvalue weighted by atomic mass is 9.96. The number of phosphoric acid groups is 1. The molecular formula is C16H33N2O12P. The minimum atomic E-state index is -4.90. The van der Waals surface area contributed by atoms with E-state index in [2.05, 4.69) is 10.6 Å². The van der Waals surface area contributed by atoms with Crippen molar-refractivity contribution < 1.29 is 57.9 Å². The minimum Gasteiger partial charge on any atom is -0.394 e. The summed E-state index contributed by atoms with van der Waals surface area (Å²) >= 11 is 0. The third-order valence-electron chi connectivity index (χ3n) is 5.41. The number of aliphatic hydroxyl groups excluding tert-OH is 3. The fourth-order valence-electron chi connectivity index (χ4n) is 3.91. The van der Waals surface area contributed by atoms with Crippen LogP contribution in [-0.4, -0.2) is 128 Å².